The van der Waals surface area contributed by atoms with Crippen LogP contribution in [0.4, 0.5) is 5.69 Å². The minimum Gasteiger partial charge on any atom is -0.481 e. The number of nitrogen functional groups attached to an aromatic ring is 1. The highest BCUT2D eigenvalue weighted by molar-refractivity contribution is 6.00. The third-order valence-corrected chi connectivity index (χ3v) is 2.88. The molecule has 0 fully saturated rings. The van der Waals surface area contributed by atoms with E-state index in [1.165, 1.54) is 0 Å². The van der Waals surface area contributed by atoms with Gasteiger partial charge in [-0.15, -0.1) is 0 Å². The van der Waals surface area contributed by atoms with Crippen molar-refractivity contribution in [2.75, 3.05) is 5.73 Å². The predicted molar refractivity (Wildman–Crippen MR) is 69.5 cm³/mol. The summed E-state index contributed by atoms with van der Waals surface area (Å²) in [5.74, 6) is -1.20. The van der Waals surface area contributed by atoms with Gasteiger partial charge in [-0.3, -0.25) is 9.59 Å². The fourth-order valence-electron chi connectivity index (χ4n) is 1.74. The van der Waals surface area contributed by atoms with Crippen LogP contribution >= 0.6 is 0 Å². The summed E-state index contributed by atoms with van der Waals surface area (Å²) >= 11 is 0. The average molecular weight is 250 g/mol. The van der Waals surface area contributed by atoms with Crippen molar-refractivity contribution in [1.82, 2.24) is 0 Å². The van der Waals surface area contributed by atoms with Gasteiger partial charge in [-0.05, 0) is 43.5 Å². The minimum absolute atomic E-state index is 0.111. The SMILES string of the molecule is Cc1cc(C(=O)[C@@H](N)CCC(=O)O)cc(C)c1N. The van der Waals surface area contributed by atoms with E-state index >= 15 is 0 Å². The number of hydrogen-bond acceptors (Lipinski definition) is 4. The third kappa shape index (κ3) is 3.30. The Morgan fingerprint density at radius 2 is 1.78 bits per heavy atom. The first-order valence-electron chi connectivity index (χ1n) is 5.71. The van der Waals surface area contributed by atoms with Gasteiger partial charge in [0, 0.05) is 17.7 Å². The van der Waals surface area contributed by atoms with E-state index in [4.69, 9.17) is 16.6 Å². The number of carbonyl (C=O) groups is 2. The molecule has 5 heteroatoms. The Labute approximate surface area is 106 Å². The Hall–Kier alpha value is -1.88. The highest BCUT2D eigenvalue weighted by atomic mass is 16.4. The lowest BCUT2D eigenvalue weighted by Gasteiger charge is -2.12. The molecular formula is C13H18N2O3. The van der Waals surface area contributed by atoms with Crippen LogP contribution in [0, 0.1) is 13.8 Å². The molecule has 0 aliphatic carbocycles. The molecule has 1 atom stereocenters. The summed E-state index contributed by atoms with van der Waals surface area (Å²) in [7, 11) is 0. The van der Waals surface area contributed by atoms with Crippen molar-refractivity contribution in [2.24, 2.45) is 5.73 Å². The van der Waals surface area contributed by atoms with Crippen molar-refractivity contribution in [1.29, 1.82) is 0 Å². The number of aryl methyl sites for hydroxylation is 2. The molecule has 1 rings (SSSR count). The number of nitrogens with two attached hydrogens (primary N) is 2. The zero-order valence-corrected chi connectivity index (χ0v) is 10.6. The Morgan fingerprint density at radius 1 is 1.28 bits per heavy atom. The van der Waals surface area contributed by atoms with E-state index in [-0.39, 0.29) is 18.6 Å². The number of rotatable bonds is 5. The van der Waals surface area contributed by atoms with Crippen molar-refractivity contribution < 1.29 is 14.7 Å². The third-order valence-electron chi connectivity index (χ3n) is 2.88. The second kappa shape index (κ2) is 5.64. The van der Waals surface area contributed by atoms with E-state index in [2.05, 4.69) is 0 Å². The molecular weight excluding hydrogens is 232 g/mol. The van der Waals surface area contributed by atoms with Crippen molar-refractivity contribution in [3.05, 3.63) is 28.8 Å². The maximum atomic E-state index is 12.0. The molecule has 5 N–H and O–H groups in total. The first-order valence-corrected chi connectivity index (χ1v) is 5.71. The zero-order chi connectivity index (χ0) is 13.9. The van der Waals surface area contributed by atoms with Crippen molar-refractivity contribution in [2.45, 2.75) is 32.7 Å². The van der Waals surface area contributed by atoms with Gasteiger partial charge in [0.05, 0.1) is 6.04 Å². The van der Waals surface area contributed by atoms with Gasteiger partial charge in [-0.1, -0.05) is 0 Å². The van der Waals surface area contributed by atoms with Gasteiger partial charge in [0.15, 0.2) is 5.78 Å². The number of carboxylic acid groups (broad SMARTS) is 1. The lowest BCUT2D eigenvalue weighted by atomic mass is 9.96. The van der Waals surface area contributed by atoms with Gasteiger partial charge < -0.3 is 16.6 Å². The highest BCUT2D eigenvalue weighted by Gasteiger charge is 2.18. The summed E-state index contributed by atoms with van der Waals surface area (Å²) in [6, 6.07) is 2.58. The molecule has 0 saturated carbocycles. The number of hydrogen-bond donors (Lipinski definition) is 3. The van der Waals surface area contributed by atoms with Crippen LogP contribution in [0.2, 0.25) is 0 Å². The van der Waals surface area contributed by atoms with E-state index in [0.717, 1.165) is 11.1 Å². The largest absolute Gasteiger partial charge is 0.481 e. The number of carbonyl (C=O) groups excluding carboxylic acids is 1. The molecule has 1 aromatic carbocycles. The lowest BCUT2D eigenvalue weighted by Crippen LogP contribution is -2.31. The second-order valence-electron chi connectivity index (χ2n) is 4.43. The second-order valence-corrected chi connectivity index (χ2v) is 4.43. The molecule has 1 aromatic rings. The lowest BCUT2D eigenvalue weighted by molar-refractivity contribution is -0.137. The number of aliphatic carboxylic acids is 1. The maximum absolute atomic E-state index is 12.0. The van der Waals surface area contributed by atoms with Crippen LogP contribution in [0.15, 0.2) is 12.1 Å². The average Bonchev–Trinajstić information content (AvgIpc) is 2.31. The van der Waals surface area contributed by atoms with Crippen LogP contribution in [0.1, 0.15) is 34.3 Å². The number of ketones is 1. The zero-order valence-electron chi connectivity index (χ0n) is 10.6. The maximum Gasteiger partial charge on any atom is 0.303 e. The van der Waals surface area contributed by atoms with Gasteiger partial charge in [0.1, 0.15) is 0 Å². The van der Waals surface area contributed by atoms with Crippen LogP contribution in [0.5, 0.6) is 0 Å². The molecule has 0 aliphatic heterocycles. The number of benzene rings is 1. The molecule has 0 radical (unpaired) electrons. The van der Waals surface area contributed by atoms with Crippen molar-refractivity contribution in [3.63, 3.8) is 0 Å². The van der Waals surface area contributed by atoms with E-state index in [1.807, 2.05) is 13.8 Å². The van der Waals surface area contributed by atoms with Gasteiger partial charge in [0.2, 0.25) is 0 Å². The molecule has 0 saturated heterocycles. The summed E-state index contributed by atoms with van der Waals surface area (Å²) in [6.45, 7) is 3.64. The van der Waals surface area contributed by atoms with E-state index in [0.29, 0.717) is 11.3 Å². The Bertz CT molecular complexity index is 460. The van der Waals surface area contributed by atoms with Gasteiger partial charge in [0.25, 0.3) is 0 Å². The molecule has 0 spiro atoms. The molecule has 5 nitrogen and oxygen atoms in total. The number of carboxylic acids is 1. The molecule has 0 aliphatic rings. The summed E-state index contributed by atoms with van der Waals surface area (Å²) < 4.78 is 0. The Balaban J connectivity index is 2.87. The number of Topliss-reactive ketones (excluding diaryl/α,β-unsaturated/α-hetero) is 1. The van der Waals surface area contributed by atoms with Crippen LogP contribution in [-0.4, -0.2) is 22.9 Å². The Morgan fingerprint density at radius 3 is 2.22 bits per heavy atom. The molecule has 18 heavy (non-hydrogen) atoms. The fraction of sp³-hybridized carbons (Fsp3) is 0.385. The van der Waals surface area contributed by atoms with Crippen molar-refractivity contribution in [3.8, 4) is 0 Å². The van der Waals surface area contributed by atoms with Crippen molar-refractivity contribution >= 4 is 17.4 Å². The molecule has 0 aromatic heterocycles. The van der Waals surface area contributed by atoms with Crippen LogP contribution in [0.25, 0.3) is 0 Å². The molecule has 98 valence electrons. The van der Waals surface area contributed by atoms with Crippen LogP contribution < -0.4 is 11.5 Å². The number of anilines is 1. The summed E-state index contributed by atoms with van der Waals surface area (Å²) in [4.78, 5) is 22.4. The summed E-state index contributed by atoms with van der Waals surface area (Å²) in [6.07, 6.45) is 0.0243. The first-order chi connectivity index (χ1) is 8.32. The predicted octanol–water partition coefficient (Wildman–Crippen LogP) is 1.26. The van der Waals surface area contributed by atoms with E-state index in [9.17, 15) is 9.59 Å². The quantitative estimate of drug-likeness (QED) is 0.538. The van der Waals surface area contributed by atoms with Gasteiger partial charge in [-0.2, -0.15) is 0 Å². The molecule has 0 amide bonds. The monoisotopic (exact) mass is 250 g/mol. The van der Waals surface area contributed by atoms with E-state index < -0.39 is 12.0 Å². The highest BCUT2D eigenvalue weighted by Crippen LogP contribution is 2.19. The first kappa shape index (κ1) is 14.2. The smallest absolute Gasteiger partial charge is 0.303 e. The normalized spacial score (nSPS) is 12.2. The fourth-order valence-corrected chi connectivity index (χ4v) is 1.74. The van der Waals surface area contributed by atoms with Crippen LogP contribution in [0.3, 0.4) is 0 Å². The Kier molecular flexibility index (Phi) is 4.44. The molecule has 0 heterocycles. The minimum atomic E-state index is -0.956. The van der Waals surface area contributed by atoms with Crippen LogP contribution in [-0.2, 0) is 4.79 Å². The van der Waals surface area contributed by atoms with Gasteiger partial charge >= 0.3 is 5.97 Å². The molecule has 0 unspecified atom stereocenters. The molecule has 0 bridgehead atoms. The topological polar surface area (TPSA) is 106 Å². The van der Waals surface area contributed by atoms with Gasteiger partial charge in [-0.25, -0.2) is 0 Å². The summed E-state index contributed by atoms with van der Waals surface area (Å²) in [5.41, 5.74) is 14.3. The summed E-state index contributed by atoms with van der Waals surface area (Å²) in [5, 5.41) is 8.56. The standard InChI is InChI=1S/C13H18N2O3/c1-7-5-9(6-8(2)12(7)15)13(18)10(14)3-4-11(16)17/h5-6,10H,3-4,14-15H2,1-2H3,(H,16,17)/t10-/m0/s1. The van der Waals surface area contributed by atoms with E-state index in [1.54, 1.807) is 12.1 Å².